The van der Waals surface area contributed by atoms with Crippen molar-refractivity contribution in [1.29, 1.82) is 0 Å². The predicted molar refractivity (Wildman–Crippen MR) is 106 cm³/mol. The fourth-order valence-corrected chi connectivity index (χ4v) is 2.83. The summed E-state index contributed by atoms with van der Waals surface area (Å²) in [6.07, 6.45) is 3.50. The lowest BCUT2D eigenvalue weighted by Crippen LogP contribution is -2.29. The first-order chi connectivity index (χ1) is 12.5. The van der Waals surface area contributed by atoms with E-state index >= 15 is 0 Å². The van der Waals surface area contributed by atoms with Gasteiger partial charge in [-0.25, -0.2) is 10.2 Å². The van der Waals surface area contributed by atoms with E-state index in [-0.39, 0.29) is 0 Å². The molecule has 0 saturated carbocycles. The first-order valence-corrected chi connectivity index (χ1v) is 9.04. The number of aryl methyl sites for hydroxylation is 2. The standard InChI is InChI=1S/C17H19BrN6O2/c1-3-4-9-24-13-14(23(2)17(26)21-15(13)25)20-16(24)22-19-10-11-5-7-12(18)8-6-11/h5-8,10H,3-4,9H2,1-2H3,(H,20,22)(H,21,25,26). The third-order valence-corrected chi connectivity index (χ3v) is 4.52. The number of halogens is 1. The molecule has 0 aliphatic carbocycles. The number of unbranched alkanes of at least 4 members (excludes halogenated alkanes) is 1. The zero-order valence-corrected chi connectivity index (χ0v) is 16.1. The van der Waals surface area contributed by atoms with Crippen molar-refractivity contribution < 1.29 is 0 Å². The van der Waals surface area contributed by atoms with Crippen molar-refractivity contribution in [2.45, 2.75) is 26.3 Å². The summed E-state index contributed by atoms with van der Waals surface area (Å²) in [6, 6.07) is 7.69. The van der Waals surface area contributed by atoms with Gasteiger partial charge in [-0.2, -0.15) is 10.1 Å². The zero-order valence-electron chi connectivity index (χ0n) is 14.5. The minimum atomic E-state index is -0.493. The van der Waals surface area contributed by atoms with E-state index in [1.807, 2.05) is 24.3 Å². The van der Waals surface area contributed by atoms with Crippen LogP contribution in [0.2, 0.25) is 0 Å². The van der Waals surface area contributed by atoms with Crippen LogP contribution in [0.25, 0.3) is 11.2 Å². The molecule has 0 atom stereocenters. The number of benzene rings is 1. The van der Waals surface area contributed by atoms with E-state index in [1.165, 1.54) is 4.57 Å². The Hall–Kier alpha value is -2.68. The van der Waals surface area contributed by atoms with Crippen LogP contribution in [0, 0.1) is 0 Å². The molecule has 0 radical (unpaired) electrons. The summed E-state index contributed by atoms with van der Waals surface area (Å²) >= 11 is 3.39. The number of nitrogens with one attached hydrogen (secondary N) is 2. The number of hydrazone groups is 1. The summed E-state index contributed by atoms with van der Waals surface area (Å²) in [5.41, 5.74) is 3.56. The number of hydrogen-bond donors (Lipinski definition) is 2. The molecule has 9 heteroatoms. The summed E-state index contributed by atoms with van der Waals surface area (Å²) in [5.74, 6) is 0.425. The minimum Gasteiger partial charge on any atom is -0.303 e. The zero-order chi connectivity index (χ0) is 18.7. The molecule has 3 rings (SSSR count). The van der Waals surface area contributed by atoms with Gasteiger partial charge in [0.2, 0.25) is 5.95 Å². The van der Waals surface area contributed by atoms with Crippen LogP contribution < -0.4 is 16.7 Å². The van der Waals surface area contributed by atoms with Crippen molar-refractivity contribution in [3.05, 3.63) is 55.1 Å². The molecule has 0 fully saturated rings. The van der Waals surface area contributed by atoms with E-state index in [1.54, 1.807) is 17.8 Å². The highest BCUT2D eigenvalue weighted by Crippen LogP contribution is 2.16. The van der Waals surface area contributed by atoms with Crippen molar-refractivity contribution in [2.24, 2.45) is 12.1 Å². The van der Waals surface area contributed by atoms with Gasteiger partial charge in [0.25, 0.3) is 5.56 Å². The molecular weight excluding hydrogens is 400 g/mol. The molecule has 3 aromatic rings. The number of aromatic amines is 1. The Morgan fingerprint density at radius 1 is 1.31 bits per heavy atom. The van der Waals surface area contributed by atoms with Gasteiger partial charge in [-0.05, 0) is 24.1 Å². The lowest BCUT2D eigenvalue weighted by atomic mass is 10.2. The highest BCUT2D eigenvalue weighted by Gasteiger charge is 2.16. The molecule has 0 amide bonds. The average Bonchev–Trinajstić information content (AvgIpc) is 2.99. The number of fused-ring (bicyclic) bond motifs is 1. The van der Waals surface area contributed by atoms with Gasteiger partial charge in [-0.3, -0.25) is 14.3 Å². The molecule has 8 nitrogen and oxygen atoms in total. The Kier molecular flexibility index (Phi) is 5.36. The van der Waals surface area contributed by atoms with Crippen LogP contribution in [0.15, 0.2) is 43.4 Å². The van der Waals surface area contributed by atoms with Gasteiger partial charge in [0.05, 0.1) is 6.21 Å². The Morgan fingerprint density at radius 3 is 2.73 bits per heavy atom. The molecule has 0 unspecified atom stereocenters. The van der Waals surface area contributed by atoms with Gasteiger partial charge in [0.15, 0.2) is 11.2 Å². The molecule has 0 spiro atoms. The normalized spacial score (nSPS) is 11.5. The monoisotopic (exact) mass is 418 g/mol. The molecule has 2 N–H and O–H groups in total. The van der Waals surface area contributed by atoms with Crippen molar-refractivity contribution in [2.75, 3.05) is 5.43 Å². The number of hydrogen-bond acceptors (Lipinski definition) is 5. The van der Waals surface area contributed by atoms with Crippen molar-refractivity contribution in [3.63, 3.8) is 0 Å². The van der Waals surface area contributed by atoms with Crippen LogP contribution in [-0.2, 0) is 13.6 Å². The van der Waals surface area contributed by atoms with Gasteiger partial charge in [-0.15, -0.1) is 0 Å². The van der Waals surface area contributed by atoms with Gasteiger partial charge in [0, 0.05) is 18.1 Å². The molecule has 136 valence electrons. The molecule has 2 heterocycles. The van der Waals surface area contributed by atoms with Crippen LogP contribution in [0.5, 0.6) is 0 Å². The summed E-state index contributed by atoms with van der Waals surface area (Å²) in [7, 11) is 1.58. The van der Waals surface area contributed by atoms with Gasteiger partial charge in [-0.1, -0.05) is 41.4 Å². The fourth-order valence-electron chi connectivity index (χ4n) is 2.57. The first-order valence-electron chi connectivity index (χ1n) is 8.25. The molecule has 2 aromatic heterocycles. The third-order valence-electron chi connectivity index (χ3n) is 3.99. The molecule has 26 heavy (non-hydrogen) atoms. The van der Waals surface area contributed by atoms with Crippen molar-refractivity contribution >= 4 is 39.3 Å². The number of H-pyrrole nitrogens is 1. The van der Waals surface area contributed by atoms with Crippen molar-refractivity contribution in [3.8, 4) is 0 Å². The van der Waals surface area contributed by atoms with E-state index in [0.717, 1.165) is 22.9 Å². The Balaban J connectivity index is 1.99. The van der Waals surface area contributed by atoms with Crippen LogP contribution in [-0.4, -0.2) is 25.3 Å². The highest BCUT2D eigenvalue weighted by molar-refractivity contribution is 9.10. The second kappa shape index (κ2) is 7.69. The van der Waals surface area contributed by atoms with Crippen LogP contribution in [0.3, 0.4) is 0 Å². The van der Waals surface area contributed by atoms with E-state index < -0.39 is 11.2 Å². The second-order valence-electron chi connectivity index (χ2n) is 5.85. The average molecular weight is 419 g/mol. The number of aromatic nitrogens is 4. The largest absolute Gasteiger partial charge is 0.329 e. The Bertz CT molecular complexity index is 1060. The lowest BCUT2D eigenvalue weighted by Gasteiger charge is -2.06. The topological polar surface area (TPSA) is 97.1 Å². The number of rotatable bonds is 6. The van der Waals surface area contributed by atoms with E-state index in [9.17, 15) is 9.59 Å². The molecule has 0 aliphatic heterocycles. The summed E-state index contributed by atoms with van der Waals surface area (Å²) in [5, 5.41) is 4.21. The maximum Gasteiger partial charge on any atom is 0.329 e. The predicted octanol–water partition coefficient (Wildman–Crippen LogP) is 2.43. The fraction of sp³-hybridized carbons (Fsp3) is 0.294. The maximum absolute atomic E-state index is 12.3. The first kappa shape index (κ1) is 18.1. The van der Waals surface area contributed by atoms with E-state index in [2.05, 4.69) is 43.3 Å². The van der Waals surface area contributed by atoms with Gasteiger partial charge >= 0.3 is 5.69 Å². The number of imidazole rings is 1. The Morgan fingerprint density at radius 2 is 2.04 bits per heavy atom. The van der Waals surface area contributed by atoms with Gasteiger partial charge in [0.1, 0.15) is 0 Å². The van der Waals surface area contributed by atoms with Crippen molar-refractivity contribution in [1.82, 2.24) is 19.1 Å². The van der Waals surface area contributed by atoms with Gasteiger partial charge < -0.3 is 4.57 Å². The minimum absolute atomic E-state index is 0.330. The molecule has 0 bridgehead atoms. The molecule has 0 saturated heterocycles. The summed E-state index contributed by atoms with van der Waals surface area (Å²) in [6.45, 7) is 2.67. The van der Waals surface area contributed by atoms with E-state index in [4.69, 9.17) is 0 Å². The molecule has 1 aromatic carbocycles. The number of nitrogens with zero attached hydrogens (tertiary/aromatic N) is 4. The number of anilines is 1. The smallest absolute Gasteiger partial charge is 0.303 e. The molecular formula is C17H19BrN6O2. The van der Waals surface area contributed by atoms with Crippen LogP contribution in [0.1, 0.15) is 25.3 Å². The van der Waals surface area contributed by atoms with E-state index in [0.29, 0.717) is 23.7 Å². The Labute approximate surface area is 157 Å². The summed E-state index contributed by atoms with van der Waals surface area (Å²) < 4.78 is 4.07. The third kappa shape index (κ3) is 3.62. The second-order valence-corrected chi connectivity index (χ2v) is 6.77. The van der Waals surface area contributed by atoms with Crippen LogP contribution in [0.4, 0.5) is 5.95 Å². The maximum atomic E-state index is 12.3. The quantitative estimate of drug-likeness (QED) is 0.474. The SMILES string of the molecule is CCCCn1c(NN=Cc2ccc(Br)cc2)nc2c1c(=O)[nH]c(=O)n2C. The summed E-state index contributed by atoms with van der Waals surface area (Å²) in [4.78, 5) is 30.8. The lowest BCUT2D eigenvalue weighted by molar-refractivity contribution is 0.647. The highest BCUT2D eigenvalue weighted by atomic mass is 79.9. The molecule has 0 aliphatic rings. The van der Waals surface area contributed by atoms with Crippen LogP contribution >= 0.6 is 15.9 Å².